The molecule has 1 aromatic carbocycles. The van der Waals surface area contributed by atoms with Crippen LogP contribution in [-0.4, -0.2) is 34.3 Å². The lowest BCUT2D eigenvalue weighted by Crippen LogP contribution is -2.59. The van der Waals surface area contributed by atoms with E-state index in [-0.39, 0.29) is 0 Å². The molecule has 2 aliphatic heterocycles. The molecule has 0 radical (unpaired) electrons. The number of benzene rings is 1. The number of piperidine rings is 1. The number of ether oxygens (including phenoxy) is 1. The quantitative estimate of drug-likeness (QED) is 0.711. The largest absolute Gasteiger partial charge is 0.497 e. The van der Waals surface area contributed by atoms with Crippen LogP contribution in [0.25, 0.3) is 11.3 Å². The van der Waals surface area contributed by atoms with Crippen LogP contribution in [0.5, 0.6) is 5.75 Å². The van der Waals surface area contributed by atoms with Crippen LogP contribution in [0.15, 0.2) is 41.1 Å². The van der Waals surface area contributed by atoms with E-state index < -0.39 is 5.82 Å². The van der Waals surface area contributed by atoms with Gasteiger partial charge in [-0.1, -0.05) is 5.16 Å². The summed E-state index contributed by atoms with van der Waals surface area (Å²) in [7, 11) is 1.50. The predicted molar refractivity (Wildman–Crippen MR) is 102 cm³/mol. The summed E-state index contributed by atoms with van der Waals surface area (Å²) in [5, 5.41) is 7.05. The maximum atomic E-state index is 14.3. The van der Waals surface area contributed by atoms with Gasteiger partial charge in [0.25, 0.3) is 0 Å². The molecule has 3 aromatic rings. The van der Waals surface area contributed by atoms with E-state index in [1.54, 1.807) is 30.5 Å². The molecule has 0 aliphatic carbocycles. The van der Waals surface area contributed by atoms with E-state index in [9.17, 15) is 4.39 Å². The first-order chi connectivity index (χ1) is 13.7. The minimum absolute atomic E-state index is 0.342. The third kappa shape index (κ3) is 2.94. The number of nitrogens with one attached hydrogen (secondary N) is 1. The smallest absolute Gasteiger partial charge is 0.230 e. The molecular weight excluding hydrogens is 361 g/mol. The van der Waals surface area contributed by atoms with Crippen molar-refractivity contribution in [2.24, 2.45) is 0 Å². The zero-order chi connectivity index (χ0) is 19.1. The standard InChI is InChI=1S/C20H20FN5O2/c1-27-14-5-6-15(16(21)10-14)17-11-19(28-25-17)23-18-7-8-22-20(24-18)26-12-3-2-4-13(26)9-12/h5-8,10-13H,2-4,9H2,1H3,(H,22,23,24). The minimum Gasteiger partial charge on any atom is -0.497 e. The van der Waals surface area contributed by atoms with E-state index in [0.29, 0.717) is 40.8 Å². The summed E-state index contributed by atoms with van der Waals surface area (Å²) in [6.45, 7) is 0. The molecule has 7 nitrogen and oxygen atoms in total. The number of fused-ring (bicyclic) bond motifs is 2. The Morgan fingerprint density at radius 1 is 1.21 bits per heavy atom. The summed E-state index contributed by atoms with van der Waals surface area (Å²) >= 11 is 0. The number of hydrogen-bond donors (Lipinski definition) is 1. The van der Waals surface area contributed by atoms with Gasteiger partial charge in [-0.05, 0) is 43.9 Å². The zero-order valence-corrected chi connectivity index (χ0v) is 15.4. The Hall–Kier alpha value is -3.16. The summed E-state index contributed by atoms with van der Waals surface area (Å²) < 4.78 is 24.6. The first kappa shape index (κ1) is 17.0. The van der Waals surface area contributed by atoms with Crippen molar-refractivity contribution in [1.82, 2.24) is 15.1 Å². The van der Waals surface area contributed by atoms with Gasteiger partial charge in [0.2, 0.25) is 11.8 Å². The van der Waals surface area contributed by atoms with Crippen molar-refractivity contribution in [3.8, 4) is 17.0 Å². The van der Waals surface area contributed by atoms with Crippen LogP contribution in [-0.2, 0) is 0 Å². The third-order valence-electron chi connectivity index (χ3n) is 5.49. The lowest BCUT2D eigenvalue weighted by molar-refractivity contribution is 0.239. The summed E-state index contributed by atoms with van der Waals surface area (Å²) in [6.07, 6.45) is 6.67. The van der Waals surface area contributed by atoms with Crippen LogP contribution in [0.1, 0.15) is 25.7 Å². The lowest BCUT2D eigenvalue weighted by atomic mass is 9.80. The molecule has 2 aromatic heterocycles. The molecule has 2 bridgehead atoms. The fourth-order valence-corrected chi connectivity index (χ4v) is 4.09. The molecule has 2 aliphatic rings. The Balaban J connectivity index is 1.34. The average Bonchev–Trinajstić information content (AvgIpc) is 3.16. The molecule has 2 saturated heterocycles. The molecule has 0 saturated carbocycles. The highest BCUT2D eigenvalue weighted by molar-refractivity contribution is 5.65. The molecule has 2 unspecified atom stereocenters. The van der Waals surface area contributed by atoms with Crippen molar-refractivity contribution >= 4 is 17.7 Å². The van der Waals surface area contributed by atoms with Crippen molar-refractivity contribution in [3.63, 3.8) is 0 Å². The highest BCUT2D eigenvalue weighted by Crippen LogP contribution is 2.40. The molecule has 1 N–H and O–H groups in total. The molecule has 144 valence electrons. The maximum absolute atomic E-state index is 14.3. The molecular formula is C20H20FN5O2. The fourth-order valence-electron chi connectivity index (χ4n) is 4.09. The topological polar surface area (TPSA) is 76.3 Å². The summed E-state index contributed by atoms with van der Waals surface area (Å²) in [5.74, 6) is 1.78. The number of nitrogens with zero attached hydrogens (tertiary/aromatic N) is 4. The van der Waals surface area contributed by atoms with E-state index in [1.165, 1.54) is 38.9 Å². The van der Waals surface area contributed by atoms with Gasteiger partial charge in [0, 0.05) is 36.0 Å². The van der Waals surface area contributed by atoms with Gasteiger partial charge >= 0.3 is 0 Å². The summed E-state index contributed by atoms with van der Waals surface area (Å²) in [6, 6.07) is 9.15. The molecule has 28 heavy (non-hydrogen) atoms. The van der Waals surface area contributed by atoms with Crippen LogP contribution in [0, 0.1) is 5.82 Å². The van der Waals surface area contributed by atoms with Crippen LogP contribution in [0.4, 0.5) is 22.0 Å². The Morgan fingerprint density at radius 2 is 2.07 bits per heavy atom. The average molecular weight is 381 g/mol. The van der Waals surface area contributed by atoms with Gasteiger partial charge in [-0.15, -0.1) is 0 Å². The van der Waals surface area contributed by atoms with Gasteiger partial charge in [-0.25, -0.2) is 9.37 Å². The molecule has 0 spiro atoms. The third-order valence-corrected chi connectivity index (χ3v) is 5.49. The van der Waals surface area contributed by atoms with Gasteiger partial charge in [-0.3, -0.25) is 0 Å². The monoisotopic (exact) mass is 381 g/mol. The van der Waals surface area contributed by atoms with Crippen molar-refractivity contribution < 1.29 is 13.7 Å². The Morgan fingerprint density at radius 3 is 2.82 bits per heavy atom. The molecule has 2 fully saturated rings. The lowest BCUT2D eigenvalue weighted by Gasteiger charge is -2.52. The first-order valence-electron chi connectivity index (χ1n) is 9.40. The van der Waals surface area contributed by atoms with Crippen LogP contribution in [0.3, 0.4) is 0 Å². The van der Waals surface area contributed by atoms with Crippen molar-refractivity contribution in [3.05, 3.63) is 42.3 Å². The van der Waals surface area contributed by atoms with E-state index in [0.717, 1.165) is 5.95 Å². The number of halogens is 1. The number of anilines is 3. The SMILES string of the molecule is COc1ccc(-c2cc(Nc3ccnc(N4C5CCCC4C5)n3)on2)c(F)c1. The van der Waals surface area contributed by atoms with Gasteiger partial charge < -0.3 is 19.5 Å². The predicted octanol–water partition coefficient (Wildman–Crippen LogP) is 4.15. The second kappa shape index (κ2) is 6.78. The Labute approximate surface area is 161 Å². The van der Waals surface area contributed by atoms with E-state index in [4.69, 9.17) is 9.26 Å². The normalized spacial score (nSPS) is 20.6. The number of aromatic nitrogens is 3. The molecule has 8 heteroatoms. The fraction of sp³-hybridized carbons (Fsp3) is 0.350. The van der Waals surface area contributed by atoms with E-state index >= 15 is 0 Å². The molecule has 2 atom stereocenters. The van der Waals surface area contributed by atoms with Crippen molar-refractivity contribution in [1.29, 1.82) is 0 Å². The minimum atomic E-state index is -0.423. The number of rotatable bonds is 5. The molecule has 5 rings (SSSR count). The van der Waals surface area contributed by atoms with Gasteiger partial charge in [0.05, 0.1) is 7.11 Å². The van der Waals surface area contributed by atoms with Gasteiger partial charge in [0.15, 0.2) is 0 Å². The van der Waals surface area contributed by atoms with Crippen LogP contribution in [0.2, 0.25) is 0 Å². The van der Waals surface area contributed by atoms with Gasteiger partial charge in [0.1, 0.15) is 23.1 Å². The highest BCUT2D eigenvalue weighted by Gasteiger charge is 2.42. The Kier molecular flexibility index (Phi) is 4.11. The van der Waals surface area contributed by atoms with Crippen LogP contribution < -0.4 is 15.0 Å². The van der Waals surface area contributed by atoms with Crippen molar-refractivity contribution in [2.75, 3.05) is 17.3 Å². The van der Waals surface area contributed by atoms with Gasteiger partial charge in [-0.2, -0.15) is 4.98 Å². The highest BCUT2D eigenvalue weighted by atomic mass is 19.1. The second-order valence-electron chi connectivity index (χ2n) is 7.17. The summed E-state index contributed by atoms with van der Waals surface area (Å²) in [4.78, 5) is 11.4. The maximum Gasteiger partial charge on any atom is 0.230 e. The number of hydrogen-bond acceptors (Lipinski definition) is 7. The zero-order valence-electron chi connectivity index (χ0n) is 15.4. The Bertz CT molecular complexity index is 994. The van der Waals surface area contributed by atoms with E-state index in [1.807, 2.05) is 0 Å². The number of methoxy groups -OCH3 is 1. The summed E-state index contributed by atoms with van der Waals surface area (Å²) in [5.41, 5.74) is 0.739. The van der Waals surface area contributed by atoms with E-state index in [2.05, 4.69) is 25.3 Å². The van der Waals surface area contributed by atoms with Crippen LogP contribution >= 0.6 is 0 Å². The first-order valence-corrected chi connectivity index (χ1v) is 9.40. The molecule has 0 amide bonds. The second-order valence-corrected chi connectivity index (χ2v) is 7.17. The molecule has 4 heterocycles. The van der Waals surface area contributed by atoms with Crippen molar-refractivity contribution in [2.45, 2.75) is 37.8 Å².